The molecule has 22 heavy (non-hydrogen) atoms. The number of unbranched alkanes of at least 4 members (excludes halogenated alkanes) is 1. The lowest BCUT2D eigenvalue weighted by Gasteiger charge is -2.09. The van der Waals surface area contributed by atoms with Crippen molar-refractivity contribution in [3.63, 3.8) is 0 Å². The first-order valence-electron chi connectivity index (χ1n) is 6.91. The first-order valence-corrected chi connectivity index (χ1v) is 6.91. The summed E-state index contributed by atoms with van der Waals surface area (Å²) >= 11 is 0. The zero-order valence-electron chi connectivity index (χ0n) is 13.2. The Morgan fingerprint density at radius 1 is 1.36 bits per heavy atom. The molecule has 0 spiro atoms. The second-order valence-corrected chi connectivity index (χ2v) is 4.51. The predicted octanol–water partition coefficient (Wildman–Crippen LogP) is 2.30. The van der Waals surface area contributed by atoms with Crippen LogP contribution in [0.15, 0.2) is 23.2 Å². The van der Waals surface area contributed by atoms with Crippen LogP contribution in [-0.4, -0.2) is 32.7 Å². The van der Waals surface area contributed by atoms with Crippen LogP contribution in [0.25, 0.3) is 0 Å². The van der Waals surface area contributed by atoms with E-state index in [0.29, 0.717) is 23.8 Å². The molecular formula is C15H24IN3O3. The number of carbonyl (C=O) groups is 1. The molecule has 0 heterocycles. The van der Waals surface area contributed by atoms with Crippen LogP contribution < -0.4 is 15.8 Å². The molecule has 0 bridgehead atoms. The quantitative estimate of drug-likeness (QED) is 0.232. The maximum Gasteiger partial charge on any atom is 0.341 e. The lowest BCUT2D eigenvalue weighted by Crippen LogP contribution is -2.32. The van der Waals surface area contributed by atoms with Crippen molar-refractivity contribution in [2.75, 3.05) is 20.8 Å². The number of nitrogens with one attached hydrogen (secondary N) is 1. The first kappa shape index (κ1) is 20.5. The summed E-state index contributed by atoms with van der Waals surface area (Å²) in [6.07, 6.45) is 2.16. The largest absolute Gasteiger partial charge is 0.496 e. The summed E-state index contributed by atoms with van der Waals surface area (Å²) in [6.45, 7) is 3.35. The maximum absolute atomic E-state index is 11.6. The number of hydrogen-bond acceptors (Lipinski definition) is 4. The molecule has 0 unspecified atom stereocenters. The van der Waals surface area contributed by atoms with E-state index < -0.39 is 5.97 Å². The number of ether oxygens (including phenoxy) is 2. The summed E-state index contributed by atoms with van der Waals surface area (Å²) in [5.74, 6) is 0.453. The van der Waals surface area contributed by atoms with Gasteiger partial charge in [-0.05, 0) is 24.1 Å². The van der Waals surface area contributed by atoms with Crippen molar-refractivity contribution in [3.8, 4) is 5.75 Å². The van der Waals surface area contributed by atoms with Crippen LogP contribution in [0.3, 0.4) is 0 Å². The van der Waals surface area contributed by atoms with Crippen molar-refractivity contribution in [2.24, 2.45) is 10.7 Å². The number of methoxy groups -OCH3 is 2. The molecule has 124 valence electrons. The van der Waals surface area contributed by atoms with Crippen LogP contribution in [-0.2, 0) is 11.3 Å². The summed E-state index contributed by atoms with van der Waals surface area (Å²) in [4.78, 5) is 15.8. The van der Waals surface area contributed by atoms with Crippen LogP contribution in [0.5, 0.6) is 5.75 Å². The smallest absolute Gasteiger partial charge is 0.341 e. The van der Waals surface area contributed by atoms with E-state index in [4.69, 9.17) is 15.2 Å². The van der Waals surface area contributed by atoms with Crippen molar-refractivity contribution in [3.05, 3.63) is 29.3 Å². The van der Waals surface area contributed by atoms with E-state index in [2.05, 4.69) is 17.2 Å². The zero-order valence-corrected chi connectivity index (χ0v) is 15.5. The van der Waals surface area contributed by atoms with Gasteiger partial charge in [-0.2, -0.15) is 0 Å². The number of nitrogens with zero attached hydrogens (tertiary/aromatic N) is 1. The van der Waals surface area contributed by atoms with Gasteiger partial charge in [-0.1, -0.05) is 19.4 Å². The summed E-state index contributed by atoms with van der Waals surface area (Å²) in [5, 5.41) is 3.04. The molecule has 6 nitrogen and oxygen atoms in total. The molecule has 0 aliphatic carbocycles. The third kappa shape index (κ3) is 6.50. The fourth-order valence-electron chi connectivity index (χ4n) is 1.74. The lowest BCUT2D eigenvalue weighted by molar-refractivity contribution is 0.0597. The van der Waals surface area contributed by atoms with Crippen molar-refractivity contribution in [2.45, 2.75) is 26.3 Å². The van der Waals surface area contributed by atoms with Gasteiger partial charge in [0.25, 0.3) is 0 Å². The number of rotatable bonds is 7. The van der Waals surface area contributed by atoms with Crippen molar-refractivity contribution >= 4 is 35.9 Å². The van der Waals surface area contributed by atoms with Crippen LogP contribution in [0.4, 0.5) is 0 Å². The number of carbonyl (C=O) groups excluding carboxylic acids is 1. The molecule has 0 aromatic heterocycles. The van der Waals surface area contributed by atoms with Crippen LogP contribution in [0.2, 0.25) is 0 Å². The molecule has 0 fully saturated rings. The Morgan fingerprint density at radius 3 is 2.68 bits per heavy atom. The highest BCUT2D eigenvalue weighted by molar-refractivity contribution is 14.0. The van der Waals surface area contributed by atoms with E-state index in [1.165, 1.54) is 14.2 Å². The molecule has 0 saturated carbocycles. The van der Waals surface area contributed by atoms with Gasteiger partial charge < -0.3 is 20.5 Å². The highest BCUT2D eigenvalue weighted by Crippen LogP contribution is 2.21. The Hall–Kier alpha value is -1.51. The molecule has 7 heteroatoms. The second-order valence-electron chi connectivity index (χ2n) is 4.51. The number of aliphatic imine (C=N–C) groups is 1. The van der Waals surface area contributed by atoms with E-state index in [9.17, 15) is 4.79 Å². The third-order valence-electron chi connectivity index (χ3n) is 2.94. The standard InChI is InChI=1S/C15H23N3O3.HI/c1-4-5-8-17-15(16)18-10-11-6-7-12(14(19)21-3)13(9-11)20-2;/h6-7,9H,4-5,8,10H2,1-3H3,(H3,16,17,18);1H. The van der Waals surface area contributed by atoms with Crippen molar-refractivity contribution in [1.82, 2.24) is 5.32 Å². The number of nitrogens with two attached hydrogens (primary N) is 1. The Labute approximate surface area is 148 Å². The summed E-state index contributed by atoms with van der Waals surface area (Å²) in [7, 11) is 2.85. The zero-order chi connectivity index (χ0) is 15.7. The van der Waals surface area contributed by atoms with Crippen LogP contribution in [0, 0.1) is 0 Å². The van der Waals surface area contributed by atoms with Crippen molar-refractivity contribution in [1.29, 1.82) is 0 Å². The van der Waals surface area contributed by atoms with E-state index in [0.717, 1.165) is 24.9 Å². The number of esters is 1. The molecule has 3 N–H and O–H groups in total. The number of benzene rings is 1. The van der Waals surface area contributed by atoms with E-state index in [-0.39, 0.29) is 24.0 Å². The number of halogens is 1. The Bertz CT molecular complexity index is 507. The minimum Gasteiger partial charge on any atom is -0.496 e. The van der Waals surface area contributed by atoms with Gasteiger partial charge in [-0.3, -0.25) is 0 Å². The average Bonchev–Trinajstić information content (AvgIpc) is 2.52. The van der Waals surface area contributed by atoms with Crippen LogP contribution >= 0.6 is 24.0 Å². The topological polar surface area (TPSA) is 85.9 Å². The predicted molar refractivity (Wildman–Crippen MR) is 98.0 cm³/mol. The summed E-state index contributed by atoms with van der Waals surface area (Å²) < 4.78 is 9.89. The van der Waals surface area contributed by atoms with Gasteiger partial charge in [0.05, 0.1) is 20.8 Å². The number of guanidine groups is 1. The normalized spacial score (nSPS) is 10.6. The minimum absolute atomic E-state index is 0. The summed E-state index contributed by atoms with van der Waals surface area (Å²) in [6, 6.07) is 5.23. The first-order chi connectivity index (χ1) is 10.1. The average molecular weight is 421 g/mol. The molecule has 1 aromatic rings. The molecular weight excluding hydrogens is 397 g/mol. The summed E-state index contributed by atoms with van der Waals surface area (Å²) in [5.41, 5.74) is 7.06. The van der Waals surface area contributed by atoms with Gasteiger partial charge >= 0.3 is 5.97 Å². The Morgan fingerprint density at radius 2 is 2.09 bits per heavy atom. The fourth-order valence-corrected chi connectivity index (χ4v) is 1.74. The molecule has 0 saturated heterocycles. The van der Waals surface area contributed by atoms with E-state index in [1.807, 2.05) is 0 Å². The van der Waals surface area contributed by atoms with E-state index in [1.54, 1.807) is 18.2 Å². The van der Waals surface area contributed by atoms with Crippen molar-refractivity contribution < 1.29 is 14.3 Å². The molecule has 0 aliphatic heterocycles. The van der Waals surface area contributed by atoms with Gasteiger partial charge in [0, 0.05) is 6.54 Å². The highest BCUT2D eigenvalue weighted by Gasteiger charge is 2.12. The maximum atomic E-state index is 11.6. The Kier molecular flexibility index (Phi) is 10.3. The molecule has 1 rings (SSSR count). The van der Waals surface area contributed by atoms with Crippen LogP contribution in [0.1, 0.15) is 35.7 Å². The highest BCUT2D eigenvalue weighted by atomic mass is 127. The second kappa shape index (κ2) is 11.1. The fraction of sp³-hybridized carbons (Fsp3) is 0.467. The minimum atomic E-state index is -0.428. The van der Waals surface area contributed by atoms with Gasteiger partial charge in [0.1, 0.15) is 11.3 Å². The van der Waals surface area contributed by atoms with Gasteiger partial charge in [-0.15, -0.1) is 24.0 Å². The third-order valence-corrected chi connectivity index (χ3v) is 2.94. The van der Waals surface area contributed by atoms with Gasteiger partial charge in [-0.25, -0.2) is 9.79 Å². The molecule has 0 aliphatic rings. The molecule has 0 radical (unpaired) electrons. The molecule has 0 atom stereocenters. The van der Waals surface area contributed by atoms with E-state index >= 15 is 0 Å². The molecule has 0 amide bonds. The molecule has 1 aromatic carbocycles. The van der Waals surface area contributed by atoms with Gasteiger partial charge in [0.15, 0.2) is 5.96 Å². The monoisotopic (exact) mass is 421 g/mol. The number of hydrogen-bond donors (Lipinski definition) is 2. The van der Waals surface area contributed by atoms with Gasteiger partial charge in [0.2, 0.25) is 0 Å². The Balaban J connectivity index is 0.00000441. The lowest BCUT2D eigenvalue weighted by atomic mass is 10.1. The SMILES string of the molecule is CCCCNC(N)=NCc1ccc(C(=O)OC)c(OC)c1.I.